The summed E-state index contributed by atoms with van der Waals surface area (Å²) >= 11 is 0. The molecule has 2 fully saturated rings. The molecule has 98 valence electrons. The number of morpholine rings is 1. The summed E-state index contributed by atoms with van der Waals surface area (Å²) in [5.41, 5.74) is 0. The molecule has 4 heteroatoms. The van der Waals surface area contributed by atoms with Crippen molar-refractivity contribution in [2.45, 2.75) is 63.6 Å². The molecule has 4 nitrogen and oxygen atoms in total. The average Bonchev–Trinajstić information content (AvgIpc) is 2.40. The molecule has 1 aliphatic carbocycles. The SMILES string of the molecule is CCC1COC(C(=O)NC2CCCCC2)CN1. The molecule has 2 aliphatic rings. The molecule has 2 rings (SSSR count). The molecule has 1 heterocycles. The van der Waals surface area contributed by atoms with Crippen molar-refractivity contribution in [2.75, 3.05) is 13.2 Å². The maximum absolute atomic E-state index is 12.0. The third-order valence-corrected chi connectivity index (χ3v) is 3.83. The molecule has 1 saturated heterocycles. The van der Waals surface area contributed by atoms with E-state index in [1.165, 1.54) is 19.3 Å². The van der Waals surface area contributed by atoms with Gasteiger partial charge in [-0.2, -0.15) is 0 Å². The summed E-state index contributed by atoms with van der Waals surface area (Å²) in [6, 6.07) is 0.789. The highest BCUT2D eigenvalue weighted by Gasteiger charge is 2.27. The Balaban J connectivity index is 1.72. The average molecular weight is 240 g/mol. The quantitative estimate of drug-likeness (QED) is 0.779. The van der Waals surface area contributed by atoms with Crippen molar-refractivity contribution in [2.24, 2.45) is 0 Å². The van der Waals surface area contributed by atoms with Gasteiger partial charge in [0.15, 0.2) is 0 Å². The predicted molar refractivity (Wildman–Crippen MR) is 66.8 cm³/mol. The second-order valence-electron chi connectivity index (χ2n) is 5.18. The molecule has 0 spiro atoms. The Bertz CT molecular complexity index is 244. The Hall–Kier alpha value is -0.610. The van der Waals surface area contributed by atoms with Crippen LogP contribution >= 0.6 is 0 Å². The molecule has 0 aromatic carbocycles. The van der Waals surface area contributed by atoms with Crippen molar-refractivity contribution in [1.29, 1.82) is 0 Å². The van der Waals surface area contributed by atoms with Crippen molar-refractivity contribution in [3.8, 4) is 0 Å². The lowest BCUT2D eigenvalue weighted by Gasteiger charge is -2.31. The molecule has 0 aromatic rings. The van der Waals surface area contributed by atoms with Gasteiger partial charge >= 0.3 is 0 Å². The topological polar surface area (TPSA) is 50.4 Å². The van der Waals surface area contributed by atoms with Crippen LogP contribution in [0.5, 0.6) is 0 Å². The van der Waals surface area contributed by atoms with Crippen LogP contribution in [-0.4, -0.2) is 37.2 Å². The molecule has 2 N–H and O–H groups in total. The molecular weight excluding hydrogens is 216 g/mol. The molecule has 0 aromatic heterocycles. The summed E-state index contributed by atoms with van der Waals surface area (Å²) < 4.78 is 5.61. The first-order valence-corrected chi connectivity index (χ1v) is 6.95. The lowest BCUT2D eigenvalue weighted by Crippen LogP contribution is -2.53. The first-order chi connectivity index (χ1) is 8.29. The highest BCUT2D eigenvalue weighted by Crippen LogP contribution is 2.17. The van der Waals surface area contributed by atoms with Gasteiger partial charge < -0.3 is 15.4 Å². The van der Waals surface area contributed by atoms with Gasteiger partial charge in [0.05, 0.1) is 6.61 Å². The van der Waals surface area contributed by atoms with Gasteiger partial charge in [0, 0.05) is 18.6 Å². The fourth-order valence-electron chi connectivity index (χ4n) is 2.60. The van der Waals surface area contributed by atoms with Gasteiger partial charge in [-0.1, -0.05) is 26.2 Å². The summed E-state index contributed by atoms with van der Waals surface area (Å²) in [6.07, 6.45) is 6.81. The smallest absolute Gasteiger partial charge is 0.250 e. The minimum Gasteiger partial charge on any atom is -0.365 e. The van der Waals surface area contributed by atoms with E-state index in [2.05, 4.69) is 17.6 Å². The van der Waals surface area contributed by atoms with Crippen LogP contribution in [0.25, 0.3) is 0 Å². The lowest BCUT2D eigenvalue weighted by molar-refractivity contribution is -0.136. The van der Waals surface area contributed by atoms with Crippen LogP contribution in [0.4, 0.5) is 0 Å². The number of carbonyl (C=O) groups is 1. The Labute approximate surface area is 103 Å². The lowest BCUT2D eigenvalue weighted by atomic mass is 9.95. The van der Waals surface area contributed by atoms with Crippen LogP contribution in [0.1, 0.15) is 45.4 Å². The van der Waals surface area contributed by atoms with Gasteiger partial charge in [0.1, 0.15) is 6.10 Å². The number of hydrogen-bond acceptors (Lipinski definition) is 3. The van der Waals surface area contributed by atoms with Crippen LogP contribution < -0.4 is 10.6 Å². The number of ether oxygens (including phenoxy) is 1. The maximum Gasteiger partial charge on any atom is 0.250 e. The number of rotatable bonds is 3. The van der Waals surface area contributed by atoms with E-state index in [0.717, 1.165) is 19.3 Å². The Morgan fingerprint density at radius 1 is 1.35 bits per heavy atom. The van der Waals surface area contributed by atoms with Crippen LogP contribution in [-0.2, 0) is 9.53 Å². The molecular formula is C13H24N2O2. The summed E-state index contributed by atoms with van der Waals surface area (Å²) in [7, 11) is 0. The Morgan fingerprint density at radius 2 is 2.12 bits per heavy atom. The van der Waals surface area contributed by atoms with Gasteiger partial charge in [-0.05, 0) is 19.3 Å². The zero-order valence-electron chi connectivity index (χ0n) is 10.7. The van der Waals surface area contributed by atoms with Gasteiger partial charge in [-0.15, -0.1) is 0 Å². The zero-order valence-corrected chi connectivity index (χ0v) is 10.7. The van der Waals surface area contributed by atoms with Gasteiger partial charge in [0.2, 0.25) is 0 Å². The molecule has 2 atom stereocenters. The fourth-order valence-corrected chi connectivity index (χ4v) is 2.60. The summed E-state index contributed by atoms with van der Waals surface area (Å²) in [5.74, 6) is 0.0685. The fraction of sp³-hybridized carbons (Fsp3) is 0.923. The van der Waals surface area contributed by atoms with Crippen molar-refractivity contribution in [1.82, 2.24) is 10.6 Å². The molecule has 0 radical (unpaired) electrons. The van der Waals surface area contributed by atoms with E-state index < -0.39 is 0 Å². The molecule has 1 saturated carbocycles. The van der Waals surface area contributed by atoms with E-state index >= 15 is 0 Å². The third kappa shape index (κ3) is 3.68. The number of nitrogens with one attached hydrogen (secondary N) is 2. The maximum atomic E-state index is 12.0. The van der Waals surface area contributed by atoms with Crippen LogP contribution in [0.3, 0.4) is 0 Å². The second-order valence-corrected chi connectivity index (χ2v) is 5.18. The van der Waals surface area contributed by atoms with E-state index in [0.29, 0.717) is 25.2 Å². The first kappa shape index (κ1) is 12.8. The second kappa shape index (κ2) is 6.36. The molecule has 0 bridgehead atoms. The predicted octanol–water partition coefficient (Wildman–Crippen LogP) is 1.20. The molecule has 17 heavy (non-hydrogen) atoms. The number of carbonyl (C=O) groups excluding carboxylic acids is 1. The third-order valence-electron chi connectivity index (χ3n) is 3.83. The summed E-state index contributed by atoms with van der Waals surface area (Å²) in [4.78, 5) is 12.0. The van der Waals surface area contributed by atoms with E-state index in [1.54, 1.807) is 0 Å². The van der Waals surface area contributed by atoms with Gasteiger partial charge in [0.25, 0.3) is 5.91 Å². The van der Waals surface area contributed by atoms with Crippen LogP contribution in [0.2, 0.25) is 0 Å². The minimum absolute atomic E-state index is 0.0685. The summed E-state index contributed by atoms with van der Waals surface area (Å²) in [5, 5.41) is 6.47. The Kier molecular flexibility index (Phi) is 4.80. The highest BCUT2D eigenvalue weighted by molar-refractivity contribution is 5.81. The highest BCUT2D eigenvalue weighted by atomic mass is 16.5. The largest absolute Gasteiger partial charge is 0.365 e. The van der Waals surface area contributed by atoms with Crippen molar-refractivity contribution < 1.29 is 9.53 Å². The van der Waals surface area contributed by atoms with Crippen LogP contribution in [0, 0.1) is 0 Å². The minimum atomic E-state index is -0.292. The van der Waals surface area contributed by atoms with Crippen LogP contribution in [0.15, 0.2) is 0 Å². The van der Waals surface area contributed by atoms with E-state index in [9.17, 15) is 4.79 Å². The molecule has 1 amide bonds. The molecule has 2 unspecified atom stereocenters. The number of hydrogen-bond donors (Lipinski definition) is 2. The Morgan fingerprint density at radius 3 is 2.71 bits per heavy atom. The normalized spacial score (nSPS) is 31.1. The van der Waals surface area contributed by atoms with Gasteiger partial charge in [-0.25, -0.2) is 0 Å². The number of amides is 1. The monoisotopic (exact) mass is 240 g/mol. The van der Waals surface area contributed by atoms with E-state index in [4.69, 9.17) is 4.74 Å². The van der Waals surface area contributed by atoms with Crippen molar-refractivity contribution >= 4 is 5.91 Å². The zero-order chi connectivity index (χ0) is 12.1. The van der Waals surface area contributed by atoms with Gasteiger partial charge in [-0.3, -0.25) is 4.79 Å². The first-order valence-electron chi connectivity index (χ1n) is 6.95. The standard InChI is InChI=1S/C13H24N2O2/c1-2-10-9-17-12(8-14-10)13(16)15-11-6-4-3-5-7-11/h10-12,14H,2-9H2,1H3,(H,15,16). The van der Waals surface area contributed by atoms with E-state index in [1.807, 2.05) is 0 Å². The van der Waals surface area contributed by atoms with E-state index in [-0.39, 0.29) is 12.0 Å². The molecule has 1 aliphatic heterocycles. The summed E-state index contributed by atoms with van der Waals surface area (Å²) in [6.45, 7) is 3.43. The van der Waals surface area contributed by atoms with Crippen molar-refractivity contribution in [3.05, 3.63) is 0 Å². The van der Waals surface area contributed by atoms with Crippen molar-refractivity contribution in [3.63, 3.8) is 0 Å².